The van der Waals surface area contributed by atoms with Gasteiger partial charge in [-0.1, -0.05) is 12.8 Å². The molecule has 22 heavy (non-hydrogen) atoms. The molecule has 2 atom stereocenters. The highest BCUT2D eigenvalue weighted by atomic mass is 35.5. The van der Waals surface area contributed by atoms with Crippen LogP contribution in [-0.4, -0.2) is 55.4 Å². The van der Waals surface area contributed by atoms with Crippen LogP contribution in [0.3, 0.4) is 0 Å². The quantitative estimate of drug-likeness (QED) is 0.834. The van der Waals surface area contributed by atoms with Crippen LogP contribution in [0.15, 0.2) is 0 Å². The van der Waals surface area contributed by atoms with Crippen molar-refractivity contribution in [1.82, 2.24) is 10.2 Å². The van der Waals surface area contributed by atoms with Crippen LogP contribution >= 0.6 is 12.4 Å². The van der Waals surface area contributed by atoms with E-state index in [4.69, 9.17) is 0 Å². The number of sulfone groups is 1. The average Bonchev–Trinajstić information content (AvgIpc) is 3.07. The Morgan fingerprint density at radius 1 is 1.09 bits per heavy atom. The Balaban J connectivity index is 0.00000176. The van der Waals surface area contributed by atoms with Crippen molar-refractivity contribution in [3.05, 3.63) is 0 Å². The van der Waals surface area contributed by atoms with Crippen molar-refractivity contribution in [3.63, 3.8) is 0 Å². The first kappa shape index (κ1) is 18.0. The van der Waals surface area contributed by atoms with Crippen molar-refractivity contribution < 1.29 is 13.2 Å². The summed E-state index contributed by atoms with van der Waals surface area (Å²) < 4.78 is 24.6. The molecule has 7 heteroatoms. The fourth-order valence-corrected chi connectivity index (χ4v) is 6.02. The number of nitrogens with zero attached hydrogens (tertiary/aromatic N) is 1. The molecule has 1 amide bonds. The zero-order valence-corrected chi connectivity index (χ0v) is 14.8. The number of piperidine rings is 1. The summed E-state index contributed by atoms with van der Waals surface area (Å²) >= 11 is 0. The number of hydrogen-bond acceptors (Lipinski definition) is 4. The van der Waals surface area contributed by atoms with Crippen LogP contribution in [-0.2, 0) is 14.6 Å². The van der Waals surface area contributed by atoms with Gasteiger partial charge in [-0.3, -0.25) is 4.79 Å². The van der Waals surface area contributed by atoms with Gasteiger partial charge in [-0.15, -0.1) is 12.4 Å². The normalized spacial score (nSPS) is 31.8. The van der Waals surface area contributed by atoms with Crippen molar-refractivity contribution in [3.8, 4) is 0 Å². The van der Waals surface area contributed by atoms with Gasteiger partial charge in [0.15, 0.2) is 9.84 Å². The van der Waals surface area contributed by atoms with E-state index in [1.54, 1.807) is 11.9 Å². The fourth-order valence-electron chi connectivity index (χ4n) is 4.19. The molecule has 1 N–H and O–H groups in total. The van der Waals surface area contributed by atoms with Crippen molar-refractivity contribution in [2.24, 2.45) is 0 Å². The van der Waals surface area contributed by atoms with Gasteiger partial charge >= 0.3 is 0 Å². The van der Waals surface area contributed by atoms with Gasteiger partial charge in [-0.2, -0.15) is 0 Å². The van der Waals surface area contributed by atoms with Crippen LogP contribution in [0.5, 0.6) is 0 Å². The van der Waals surface area contributed by atoms with Crippen molar-refractivity contribution in [2.75, 3.05) is 12.8 Å². The van der Waals surface area contributed by atoms with Gasteiger partial charge in [-0.05, 0) is 38.5 Å². The first-order valence-electron chi connectivity index (χ1n) is 8.19. The van der Waals surface area contributed by atoms with Crippen LogP contribution in [0.1, 0.15) is 51.4 Å². The van der Waals surface area contributed by atoms with E-state index < -0.39 is 9.84 Å². The zero-order chi connectivity index (χ0) is 15.0. The van der Waals surface area contributed by atoms with E-state index in [1.807, 2.05) is 0 Å². The second-order valence-corrected chi connectivity index (χ2v) is 9.26. The van der Waals surface area contributed by atoms with E-state index in [2.05, 4.69) is 5.32 Å². The Hall–Kier alpha value is -0.330. The molecule has 0 aromatic rings. The Labute approximate surface area is 139 Å². The van der Waals surface area contributed by atoms with Gasteiger partial charge in [0.1, 0.15) is 5.75 Å². The summed E-state index contributed by atoms with van der Waals surface area (Å²) in [5.41, 5.74) is 0. The molecular formula is C15H27ClN2O3S. The van der Waals surface area contributed by atoms with Crippen LogP contribution < -0.4 is 5.32 Å². The number of carbonyl (C=O) groups is 1. The summed E-state index contributed by atoms with van der Waals surface area (Å²) in [4.78, 5) is 14.1. The van der Waals surface area contributed by atoms with Gasteiger partial charge < -0.3 is 10.2 Å². The molecule has 0 spiro atoms. The van der Waals surface area contributed by atoms with Gasteiger partial charge in [0.05, 0.1) is 5.25 Å². The summed E-state index contributed by atoms with van der Waals surface area (Å²) in [6.45, 7) is 0. The van der Waals surface area contributed by atoms with E-state index >= 15 is 0 Å². The maximum Gasteiger partial charge on any atom is 0.237 e. The molecule has 3 fully saturated rings. The van der Waals surface area contributed by atoms with E-state index in [0.717, 1.165) is 38.5 Å². The molecule has 3 rings (SSSR count). The van der Waals surface area contributed by atoms with Crippen LogP contribution in [0.2, 0.25) is 0 Å². The molecule has 2 saturated heterocycles. The number of nitrogens with one attached hydrogen (secondary N) is 1. The molecule has 2 heterocycles. The van der Waals surface area contributed by atoms with Crippen molar-refractivity contribution in [2.45, 2.75) is 74.7 Å². The molecular weight excluding hydrogens is 324 g/mol. The number of hydrogen-bond donors (Lipinski definition) is 1. The Morgan fingerprint density at radius 3 is 2.18 bits per heavy atom. The van der Waals surface area contributed by atoms with Crippen LogP contribution in [0.25, 0.3) is 0 Å². The first-order chi connectivity index (χ1) is 9.95. The average molecular weight is 351 g/mol. The van der Waals surface area contributed by atoms with Crippen molar-refractivity contribution >= 4 is 28.2 Å². The fraction of sp³-hybridized carbons (Fsp3) is 0.933. The second kappa shape index (κ2) is 7.05. The highest BCUT2D eigenvalue weighted by molar-refractivity contribution is 7.92. The molecule has 5 nitrogen and oxygen atoms in total. The molecule has 0 aromatic carbocycles. The third kappa shape index (κ3) is 3.77. The SMILES string of the molecule is CN(C(=O)CS(=O)(=O)C1CCCC1)C1CC2CCC(C1)N2.Cl. The van der Waals surface area contributed by atoms with Gasteiger partial charge in [-0.25, -0.2) is 8.42 Å². The minimum Gasteiger partial charge on any atom is -0.342 e. The Kier molecular flexibility index (Phi) is 5.78. The van der Waals surface area contributed by atoms with E-state index in [9.17, 15) is 13.2 Å². The largest absolute Gasteiger partial charge is 0.342 e. The second-order valence-electron chi connectivity index (χ2n) is 6.98. The molecule has 128 valence electrons. The van der Waals surface area contributed by atoms with Gasteiger partial charge in [0.2, 0.25) is 5.91 Å². The summed E-state index contributed by atoms with van der Waals surface area (Å²) in [6.07, 6.45) is 7.71. The molecule has 0 aromatic heterocycles. The number of halogens is 1. The minimum absolute atomic E-state index is 0. The molecule has 0 radical (unpaired) electrons. The standard InChI is InChI=1S/C15H26N2O3S.ClH/c1-17(13-8-11-6-7-12(9-13)16-11)15(18)10-21(19,20)14-4-2-3-5-14;/h11-14,16H,2-10H2,1H3;1H. The highest BCUT2D eigenvalue weighted by Crippen LogP contribution is 2.30. The smallest absolute Gasteiger partial charge is 0.237 e. The highest BCUT2D eigenvalue weighted by Gasteiger charge is 2.38. The third-order valence-electron chi connectivity index (χ3n) is 5.52. The molecule has 1 saturated carbocycles. The molecule has 3 aliphatic rings. The Morgan fingerprint density at radius 2 is 1.64 bits per heavy atom. The lowest BCUT2D eigenvalue weighted by Gasteiger charge is -2.35. The lowest BCUT2D eigenvalue weighted by molar-refractivity contribution is -0.129. The van der Waals surface area contributed by atoms with E-state index in [1.165, 1.54) is 12.8 Å². The topological polar surface area (TPSA) is 66.5 Å². The summed E-state index contributed by atoms with van der Waals surface area (Å²) in [5, 5.41) is 3.27. The van der Waals surface area contributed by atoms with Gasteiger partial charge in [0.25, 0.3) is 0 Å². The maximum atomic E-state index is 12.4. The van der Waals surface area contributed by atoms with E-state index in [0.29, 0.717) is 12.1 Å². The lowest BCUT2D eigenvalue weighted by atomic mass is 9.98. The summed E-state index contributed by atoms with van der Waals surface area (Å²) in [7, 11) is -1.48. The van der Waals surface area contributed by atoms with Crippen LogP contribution in [0, 0.1) is 0 Å². The third-order valence-corrected chi connectivity index (χ3v) is 7.66. The number of fused-ring (bicyclic) bond motifs is 2. The van der Waals surface area contributed by atoms with Gasteiger partial charge in [0, 0.05) is 25.2 Å². The Bertz CT molecular complexity index is 493. The van der Waals surface area contributed by atoms with E-state index in [-0.39, 0.29) is 35.4 Å². The first-order valence-corrected chi connectivity index (χ1v) is 9.90. The predicted molar refractivity (Wildman–Crippen MR) is 89.0 cm³/mol. The van der Waals surface area contributed by atoms with Crippen LogP contribution in [0.4, 0.5) is 0 Å². The van der Waals surface area contributed by atoms with Crippen molar-refractivity contribution in [1.29, 1.82) is 0 Å². The number of rotatable bonds is 4. The summed E-state index contributed by atoms with van der Waals surface area (Å²) in [5.74, 6) is -0.513. The predicted octanol–water partition coefficient (Wildman–Crippen LogP) is 1.51. The maximum absolute atomic E-state index is 12.4. The monoisotopic (exact) mass is 350 g/mol. The molecule has 1 aliphatic carbocycles. The molecule has 2 unspecified atom stereocenters. The zero-order valence-electron chi connectivity index (χ0n) is 13.2. The molecule has 2 bridgehead atoms. The lowest BCUT2D eigenvalue weighted by Crippen LogP contribution is -2.50. The number of carbonyl (C=O) groups excluding carboxylic acids is 1. The summed E-state index contributed by atoms with van der Waals surface area (Å²) in [6, 6.07) is 1.22. The molecule has 2 aliphatic heterocycles. The minimum atomic E-state index is -3.26. The number of amides is 1.